The van der Waals surface area contributed by atoms with E-state index in [1.807, 2.05) is 20.8 Å². The van der Waals surface area contributed by atoms with Crippen molar-refractivity contribution in [2.45, 2.75) is 57.8 Å². The second-order valence-electron chi connectivity index (χ2n) is 5.51. The highest BCUT2D eigenvalue weighted by Gasteiger charge is 2.27. The Morgan fingerprint density at radius 3 is 2.21 bits per heavy atom. The van der Waals surface area contributed by atoms with Crippen LogP contribution >= 0.6 is 0 Å². The van der Waals surface area contributed by atoms with Crippen molar-refractivity contribution in [3.05, 3.63) is 0 Å². The molecule has 6 heteroatoms. The average Bonchev–Trinajstić information content (AvgIpc) is 2.24. The first-order valence-corrected chi connectivity index (χ1v) is 6.52. The Bertz CT molecular complexity index is 296. The summed E-state index contributed by atoms with van der Waals surface area (Å²) < 4.78 is 36.1. The molecule has 1 unspecified atom stereocenters. The van der Waals surface area contributed by atoms with E-state index < -0.39 is 18.1 Å². The van der Waals surface area contributed by atoms with E-state index in [1.54, 1.807) is 11.9 Å². The molecule has 0 bridgehead atoms. The number of nitriles is 1. The molecule has 0 heterocycles. The van der Waals surface area contributed by atoms with Crippen molar-refractivity contribution >= 4 is 0 Å². The summed E-state index contributed by atoms with van der Waals surface area (Å²) in [6.07, 6.45) is -3.58. The van der Waals surface area contributed by atoms with Gasteiger partial charge < -0.3 is 4.90 Å². The average molecular weight is 279 g/mol. The van der Waals surface area contributed by atoms with Crippen LogP contribution < -0.4 is 5.32 Å². The molecule has 112 valence electrons. The lowest BCUT2D eigenvalue weighted by Gasteiger charge is -2.27. The van der Waals surface area contributed by atoms with Gasteiger partial charge in [-0.15, -0.1) is 0 Å². The van der Waals surface area contributed by atoms with E-state index in [0.717, 1.165) is 0 Å². The first-order chi connectivity index (χ1) is 8.58. The molecule has 0 rings (SSSR count). The maximum Gasteiger partial charge on any atom is 0.390 e. The van der Waals surface area contributed by atoms with Crippen LogP contribution in [0.4, 0.5) is 13.2 Å². The molecule has 0 amide bonds. The molecule has 19 heavy (non-hydrogen) atoms. The lowest BCUT2D eigenvalue weighted by atomic mass is 9.96. The standard InChI is InChI=1S/C13H24F3N3/c1-11(2)18-12(3,10-17)6-5-8-19(4)9-7-13(14,15)16/h11,18H,5-9H2,1-4H3. The largest absolute Gasteiger partial charge is 0.390 e. The summed E-state index contributed by atoms with van der Waals surface area (Å²) in [6, 6.07) is 2.43. The van der Waals surface area contributed by atoms with Gasteiger partial charge in [-0.05, 0) is 47.2 Å². The first-order valence-electron chi connectivity index (χ1n) is 6.52. The molecule has 0 spiro atoms. The van der Waals surface area contributed by atoms with Crippen LogP contribution in [0.5, 0.6) is 0 Å². The summed E-state index contributed by atoms with van der Waals surface area (Å²) in [5.41, 5.74) is -0.612. The number of nitrogens with one attached hydrogen (secondary N) is 1. The van der Waals surface area contributed by atoms with E-state index in [0.29, 0.717) is 19.4 Å². The molecule has 3 nitrogen and oxygen atoms in total. The van der Waals surface area contributed by atoms with Crippen LogP contribution in [0.3, 0.4) is 0 Å². The van der Waals surface area contributed by atoms with Crippen LogP contribution in [0.2, 0.25) is 0 Å². The number of halogens is 3. The minimum absolute atomic E-state index is 0.00434. The van der Waals surface area contributed by atoms with Crippen molar-refractivity contribution in [2.75, 3.05) is 20.1 Å². The third-order valence-corrected chi connectivity index (χ3v) is 2.85. The maximum absolute atomic E-state index is 12.0. The zero-order chi connectivity index (χ0) is 15.1. The summed E-state index contributed by atoms with van der Waals surface area (Å²) in [7, 11) is 1.67. The Balaban J connectivity index is 3.97. The second kappa shape index (κ2) is 7.71. The molecule has 0 aliphatic rings. The van der Waals surface area contributed by atoms with Crippen molar-refractivity contribution in [1.29, 1.82) is 5.26 Å². The SMILES string of the molecule is CC(C)NC(C)(C#N)CCCN(C)CCC(F)(F)F. The lowest BCUT2D eigenvalue weighted by molar-refractivity contribution is -0.137. The van der Waals surface area contributed by atoms with E-state index in [9.17, 15) is 13.2 Å². The molecule has 0 fully saturated rings. The summed E-state index contributed by atoms with van der Waals surface area (Å²) in [6.45, 7) is 6.32. The summed E-state index contributed by atoms with van der Waals surface area (Å²) in [5, 5.41) is 12.3. The number of hydrogen-bond acceptors (Lipinski definition) is 3. The Morgan fingerprint density at radius 2 is 1.79 bits per heavy atom. The minimum atomic E-state index is -4.10. The molecule has 0 saturated heterocycles. The molecule has 0 radical (unpaired) electrons. The number of alkyl halides is 3. The molecular weight excluding hydrogens is 255 g/mol. The molecule has 0 aliphatic carbocycles. The zero-order valence-corrected chi connectivity index (χ0v) is 12.1. The molecule has 1 atom stereocenters. The molecule has 0 aromatic heterocycles. The van der Waals surface area contributed by atoms with Crippen LogP contribution in [0.15, 0.2) is 0 Å². The van der Waals surface area contributed by atoms with Crippen molar-refractivity contribution in [1.82, 2.24) is 10.2 Å². The molecule has 1 N–H and O–H groups in total. The van der Waals surface area contributed by atoms with Gasteiger partial charge in [0.2, 0.25) is 0 Å². The normalized spacial score (nSPS) is 15.6. The minimum Gasteiger partial charge on any atom is -0.306 e. The van der Waals surface area contributed by atoms with E-state index in [1.165, 1.54) is 0 Å². The Labute approximate surface area is 113 Å². The van der Waals surface area contributed by atoms with Crippen LogP contribution in [0, 0.1) is 11.3 Å². The zero-order valence-electron chi connectivity index (χ0n) is 12.1. The van der Waals surface area contributed by atoms with Gasteiger partial charge in [0.1, 0.15) is 5.54 Å². The van der Waals surface area contributed by atoms with Gasteiger partial charge in [-0.25, -0.2) is 0 Å². The molecular formula is C13H24F3N3. The van der Waals surface area contributed by atoms with Crippen molar-refractivity contribution in [2.24, 2.45) is 0 Å². The second-order valence-corrected chi connectivity index (χ2v) is 5.51. The monoisotopic (exact) mass is 279 g/mol. The summed E-state index contributed by atoms with van der Waals surface area (Å²) in [4.78, 5) is 1.65. The molecule has 0 aromatic carbocycles. The highest BCUT2D eigenvalue weighted by Crippen LogP contribution is 2.19. The number of hydrogen-bond donors (Lipinski definition) is 1. The summed E-state index contributed by atoms with van der Waals surface area (Å²) in [5.74, 6) is 0. The summed E-state index contributed by atoms with van der Waals surface area (Å²) >= 11 is 0. The van der Waals surface area contributed by atoms with Crippen LogP contribution in [0.25, 0.3) is 0 Å². The van der Waals surface area contributed by atoms with Gasteiger partial charge in [0.05, 0.1) is 12.5 Å². The van der Waals surface area contributed by atoms with Gasteiger partial charge in [0.15, 0.2) is 0 Å². The van der Waals surface area contributed by atoms with Gasteiger partial charge in [-0.2, -0.15) is 18.4 Å². The quantitative estimate of drug-likeness (QED) is 0.742. The fourth-order valence-electron chi connectivity index (χ4n) is 1.93. The highest BCUT2D eigenvalue weighted by atomic mass is 19.4. The lowest BCUT2D eigenvalue weighted by Crippen LogP contribution is -2.45. The first kappa shape index (κ1) is 18.2. The Morgan fingerprint density at radius 1 is 1.21 bits per heavy atom. The van der Waals surface area contributed by atoms with Crippen LogP contribution in [-0.2, 0) is 0 Å². The smallest absolute Gasteiger partial charge is 0.306 e. The van der Waals surface area contributed by atoms with Crippen molar-refractivity contribution < 1.29 is 13.2 Å². The third-order valence-electron chi connectivity index (χ3n) is 2.85. The number of rotatable bonds is 8. The molecule has 0 aliphatic heterocycles. The topological polar surface area (TPSA) is 39.1 Å². The number of nitrogens with zero attached hydrogens (tertiary/aromatic N) is 2. The fraction of sp³-hybridized carbons (Fsp3) is 0.923. The maximum atomic E-state index is 12.0. The van der Waals surface area contributed by atoms with E-state index in [4.69, 9.17) is 5.26 Å². The third kappa shape index (κ3) is 9.74. The predicted octanol–water partition coefficient (Wildman–Crippen LogP) is 2.93. The predicted molar refractivity (Wildman–Crippen MR) is 69.7 cm³/mol. The van der Waals surface area contributed by atoms with Gasteiger partial charge in [0, 0.05) is 12.6 Å². The van der Waals surface area contributed by atoms with Gasteiger partial charge >= 0.3 is 6.18 Å². The Kier molecular flexibility index (Phi) is 7.38. The van der Waals surface area contributed by atoms with Crippen LogP contribution in [-0.4, -0.2) is 42.8 Å². The highest BCUT2D eigenvalue weighted by molar-refractivity contribution is 5.04. The van der Waals surface area contributed by atoms with Gasteiger partial charge in [-0.1, -0.05) is 0 Å². The molecule has 0 aromatic rings. The van der Waals surface area contributed by atoms with E-state index in [2.05, 4.69) is 11.4 Å². The van der Waals surface area contributed by atoms with Gasteiger partial charge in [-0.3, -0.25) is 5.32 Å². The van der Waals surface area contributed by atoms with Crippen molar-refractivity contribution in [3.63, 3.8) is 0 Å². The fourth-order valence-corrected chi connectivity index (χ4v) is 1.93. The van der Waals surface area contributed by atoms with Gasteiger partial charge in [0.25, 0.3) is 0 Å². The van der Waals surface area contributed by atoms with E-state index >= 15 is 0 Å². The van der Waals surface area contributed by atoms with E-state index in [-0.39, 0.29) is 12.6 Å². The Hall–Kier alpha value is -0.800. The molecule has 0 saturated carbocycles. The van der Waals surface area contributed by atoms with Crippen LogP contribution in [0.1, 0.15) is 40.0 Å². The van der Waals surface area contributed by atoms with Crippen molar-refractivity contribution in [3.8, 4) is 6.07 Å².